The van der Waals surface area contributed by atoms with Crippen LogP contribution in [0.5, 0.6) is 5.75 Å². The summed E-state index contributed by atoms with van der Waals surface area (Å²) in [7, 11) is 0. The van der Waals surface area contributed by atoms with E-state index >= 15 is 0 Å². The van der Waals surface area contributed by atoms with Gasteiger partial charge in [-0.15, -0.1) is 0 Å². The number of nitrogens with two attached hydrogens (primary N) is 1. The zero-order chi connectivity index (χ0) is 13.5. The smallest absolute Gasteiger partial charge is 0.258 e. The van der Waals surface area contributed by atoms with Crippen LogP contribution in [0.4, 0.5) is 0 Å². The van der Waals surface area contributed by atoms with E-state index in [2.05, 4.69) is 5.32 Å². The highest BCUT2D eigenvalue weighted by atomic mass is 16.5. The molecule has 1 amide bonds. The van der Waals surface area contributed by atoms with Gasteiger partial charge in [0.05, 0.1) is 0 Å². The maximum Gasteiger partial charge on any atom is 0.258 e. The Morgan fingerprint density at radius 3 is 2.95 bits per heavy atom. The molecule has 1 fully saturated rings. The van der Waals surface area contributed by atoms with E-state index in [1.165, 1.54) is 0 Å². The van der Waals surface area contributed by atoms with Crippen LogP contribution in [0.2, 0.25) is 0 Å². The van der Waals surface area contributed by atoms with Gasteiger partial charge in [-0.2, -0.15) is 0 Å². The number of hydrogen-bond acceptors (Lipinski definition) is 4. The number of carbonyl (C=O) groups is 1. The SMILES string of the molecule is NCc1cccc(OCC(=O)NC2CCOCC2)c1. The van der Waals surface area contributed by atoms with E-state index < -0.39 is 0 Å². The van der Waals surface area contributed by atoms with E-state index in [-0.39, 0.29) is 18.6 Å². The molecule has 0 radical (unpaired) electrons. The van der Waals surface area contributed by atoms with Gasteiger partial charge < -0.3 is 20.5 Å². The van der Waals surface area contributed by atoms with Gasteiger partial charge in [-0.05, 0) is 30.5 Å². The molecule has 0 aliphatic carbocycles. The maximum absolute atomic E-state index is 11.7. The standard InChI is InChI=1S/C14H20N2O3/c15-9-11-2-1-3-13(8-11)19-10-14(17)16-12-4-6-18-7-5-12/h1-3,8,12H,4-7,9-10,15H2,(H,16,17). The molecule has 19 heavy (non-hydrogen) atoms. The van der Waals surface area contributed by atoms with E-state index in [9.17, 15) is 4.79 Å². The molecular formula is C14H20N2O3. The molecule has 104 valence electrons. The molecule has 2 rings (SSSR count). The summed E-state index contributed by atoms with van der Waals surface area (Å²) in [6.07, 6.45) is 1.74. The first-order valence-electron chi connectivity index (χ1n) is 6.57. The number of hydrogen-bond donors (Lipinski definition) is 2. The van der Waals surface area contributed by atoms with Crippen LogP contribution in [-0.4, -0.2) is 31.8 Å². The summed E-state index contributed by atoms with van der Waals surface area (Å²) in [4.78, 5) is 11.7. The highest BCUT2D eigenvalue weighted by Gasteiger charge is 2.16. The average molecular weight is 264 g/mol. The lowest BCUT2D eigenvalue weighted by atomic mass is 10.1. The third kappa shape index (κ3) is 4.54. The lowest BCUT2D eigenvalue weighted by Crippen LogP contribution is -2.41. The molecule has 5 heteroatoms. The van der Waals surface area contributed by atoms with Crippen molar-refractivity contribution in [3.63, 3.8) is 0 Å². The van der Waals surface area contributed by atoms with Gasteiger partial charge in [-0.1, -0.05) is 12.1 Å². The topological polar surface area (TPSA) is 73.6 Å². The Labute approximate surface area is 113 Å². The molecule has 0 atom stereocenters. The summed E-state index contributed by atoms with van der Waals surface area (Å²) in [6, 6.07) is 7.67. The minimum Gasteiger partial charge on any atom is -0.484 e. The van der Waals surface area contributed by atoms with Gasteiger partial charge in [0.2, 0.25) is 0 Å². The lowest BCUT2D eigenvalue weighted by Gasteiger charge is -2.23. The van der Waals surface area contributed by atoms with Gasteiger partial charge in [0.1, 0.15) is 5.75 Å². The Hall–Kier alpha value is -1.59. The van der Waals surface area contributed by atoms with Gasteiger partial charge in [0.25, 0.3) is 5.91 Å². The van der Waals surface area contributed by atoms with Crippen LogP contribution < -0.4 is 15.8 Å². The van der Waals surface area contributed by atoms with E-state index in [0.29, 0.717) is 25.5 Å². The Kier molecular flexibility index (Phi) is 5.18. The largest absolute Gasteiger partial charge is 0.484 e. The Morgan fingerprint density at radius 2 is 2.21 bits per heavy atom. The number of nitrogens with one attached hydrogen (secondary N) is 1. The fraction of sp³-hybridized carbons (Fsp3) is 0.500. The number of rotatable bonds is 5. The van der Waals surface area contributed by atoms with Crippen molar-refractivity contribution in [1.29, 1.82) is 0 Å². The second-order valence-corrected chi connectivity index (χ2v) is 4.59. The summed E-state index contributed by atoms with van der Waals surface area (Å²) in [5.74, 6) is 0.579. The van der Waals surface area contributed by atoms with Gasteiger partial charge >= 0.3 is 0 Å². The summed E-state index contributed by atoms with van der Waals surface area (Å²) in [5.41, 5.74) is 6.54. The van der Waals surface area contributed by atoms with Crippen LogP contribution >= 0.6 is 0 Å². The van der Waals surface area contributed by atoms with E-state index in [0.717, 1.165) is 18.4 Å². The summed E-state index contributed by atoms with van der Waals surface area (Å²) < 4.78 is 10.7. The van der Waals surface area contributed by atoms with Crippen LogP contribution in [0, 0.1) is 0 Å². The van der Waals surface area contributed by atoms with Crippen LogP contribution in [0.1, 0.15) is 18.4 Å². The summed E-state index contributed by atoms with van der Waals surface area (Å²) >= 11 is 0. The van der Waals surface area contributed by atoms with Crippen molar-refractivity contribution >= 4 is 5.91 Å². The average Bonchev–Trinajstić information content (AvgIpc) is 2.46. The predicted octanol–water partition coefficient (Wildman–Crippen LogP) is 0.819. The lowest BCUT2D eigenvalue weighted by molar-refractivity contribution is -0.124. The molecule has 1 aromatic carbocycles. The zero-order valence-corrected chi connectivity index (χ0v) is 10.9. The van der Waals surface area contributed by atoms with E-state index in [1.54, 1.807) is 0 Å². The third-order valence-electron chi connectivity index (χ3n) is 3.09. The van der Waals surface area contributed by atoms with Crippen molar-refractivity contribution in [3.8, 4) is 5.75 Å². The molecule has 1 aromatic rings. The molecule has 0 unspecified atom stereocenters. The molecule has 0 aromatic heterocycles. The van der Waals surface area contributed by atoms with E-state index in [4.69, 9.17) is 15.2 Å². The minimum atomic E-state index is -0.0925. The van der Waals surface area contributed by atoms with Crippen LogP contribution in [0.15, 0.2) is 24.3 Å². The second kappa shape index (κ2) is 7.11. The Balaban J connectivity index is 1.76. The van der Waals surface area contributed by atoms with Crippen LogP contribution in [-0.2, 0) is 16.1 Å². The normalized spacial score (nSPS) is 16.1. The van der Waals surface area contributed by atoms with Crippen molar-refractivity contribution in [2.75, 3.05) is 19.8 Å². The fourth-order valence-corrected chi connectivity index (χ4v) is 2.02. The third-order valence-corrected chi connectivity index (χ3v) is 3.09. The Morgan fingerprint density at radius 1 is 1.42 bits per heavy atom. The monoisotopic (exact) mass is 264 g/mol. The molecule has 1 aliphatic heterocycles. The van der Waals surface area contributed by atoms with Crippen molar-refractivity contribution in [2.45, 2.75) is 25.4 Å². The predicted molar refractivity (Wildman–Crippen MR) is 71.8 cm³/mol. The molecule has 0 spiro atoms. The van der Waals surface area contributed by atoms with Crippen molar-refractivity contribution < 1.29 is 14.3 Å². The molecular weight excluding hydrogens is 244 g/mol. The van der Waals surface area contributed by atoms with Crippen molar-refractivity contribution in [3.05, 3.63) is 29.8 Å². The first-order chi connectivity index (χ1) is 9.28. The molecule has 1 aliphatic rings. The molecule has 5 nitrogen and oxygen atoms in total. The first-order valence-corrected chi connectivity index (χ1v) is 6.57. The maximum atomic E-state index is 11.7. The Bertz CT molecular complexity index is 417. The molecule has 0 saturated carbocycles. The fourth-order valence-electron chi connectivity index (χ4n) is 2.02. The quantitative estimate of drug-likeness (QED) is 0.825. The van der Waals surface area contributed by atoms with Gasteiger partial charge in [-0.3, -0.25) is 4.79 Å². The summed E-state index contributed by atoms with van der Waals surface area (Å²) in [6.45, 7) is 1.92. The number of ether oxygens (including phenoxy) is 2. The number of benzene rings is 1. The summed E-state index contributed by atoms with van der Waals surface area (Å²) in [5, 5.41) is 2.95. The molecule has 1 saturated heterocycles. The van der Waals surface area contributed by atoms with Crippen LogP contribution in [0.3, 0.4) is 0 Å². The number of amides is 1. The zero-order valence-electron chi connectivity index (χ0n) is 10.9. The second-order valence-electron chi connectivity index (χ2n) is 4.59. The highest BCUT2D eigenvalue weighted by Crippen LogP contribution is 2.12. The van der Waals surface area contributed by atoms with Gasteiger partial charge in [0, 0.05) is 25.8 Å². The molecule has 1 heterocycles. The van der Waals surface area contributed by atoms with Crippen molar-refractivity contribution in [1.82, 2.24) is 5.32 Å². The van der Waals surface area contributed by atoms with Gasteiger partial charge in [0.15, 0.2) is 6.61 Å². The van der Waals surface area contributed by atoms with Gasteiger partial charge in [-0.25, -0.2) is 0 Å². The highest BCUT2D eigenvalue weighted by molar-refractivity contribution is 5.77. The molecule has 0 bridgehead atoms. The molecule has 3 N–H and O–H groups in total. The van der Waals surface area contributed by atoms with E-state index in [1.807, 2.05) is 24.3 Å². The minimum absolute atomic E-state index is 0.0331. The first kappa shape index (κ1) is 13.8. The van der Waals surface area contributed by atoms with Crippen molar-refractivity contribution in [2.24, 2.45) is 5.73 Å². The number of carbonyl (C=O) groups excluding carboxylic acids is 1. The van der Waals surface area contributed by atoms with Crippen LogP contribution in [0.25, 0.3) is 0 Å².